The predicted octanol–water partition coefficient (Wildman–Crippen LogP) is 3.87. The molecule has 0 aromatic heterocycles. The van der Waals surface area contributed by atoms with Crippen molar-refractivity contribution in [2.24, 2.45) is 0 Å². The van der Waals surface area contributed by atoms with E-state index >= 15 is 0 Å². The lowest BCUT2D eigenvalue weighted by Gasteiger charge is -2.44. The van der Waals surface area contributed by atoms with Gasteiger partial charge < -0.3 is 5.32 Å². The van der Waals surface area contributed by atoms with Crippen molar-refractivity contribution in [1.29, 1.82) is 0 Å². The minimum atomic E-state index is -0.282. The first kappa shape index (κ1) is 13.6. The molecule has 1 aliphatic heterocycles. The topological polar surface area (TPSA) is 12.0 Å². The molecule has 0 atom stereocenters. The van der Waals surface area contributed by atoms with Crippen LogP contribution in [0.3, 0.4) is 0 Å². The lowest BCUT2D eigenvalue weighted by atomic mass is 9.70. The van der Waals surface area contributed by atoms with Gasteiger partial charge in [0.25, 0.3) is 0 Å². The lowest BCUT2D eigenvalue weighted by molar-refractivity contribution is 0.274. The van der Waals surface area contributed by atoms with Crippen LogP contribution in [-0.2, 0) is 11.8 Å². The number of halogens is 2. The Hall–Kier alpha value is -1.38. The smallest absolute Gasteiger partial charge is 0.124 e. The van der Waals surface area contributed by atoms with Crippen molar-refractivity contribution >= 4 is 11.6 Å². The van der Waals surface area contributed by atoms with Crippen molar-refractivity contribution in [1.82, 2.24) is 5.32 Å². The Bertz CT molecular complexity index is 635. The summed E-state index contributed by atoms with van der Waals surface area (Å²) in [5, 5.41) is 3.87. The summed E-state index contributed by atoms with van der Waals surface area (Å²) in [7, 11) is 0. The second-order valence-electron chi connectivity index (χ2n) is 5.67. The molecule has 104 valence electrons. The van der Waals surface area contributed by atoms with Crippen molar-refractivity contribution in [3.63, 3.8) is 0 Å². The van der Waals surface area contributed by atoms with Gasteiger partial charge in [-0.15, -0.1) is 0 Å². The Morgan fingerprint density at radius 2 is 2.00 bits per heavy atom. The lowest BCUT2D eigenvalue weighted by Crippen LogP contribution is -2.58. The fourth-order valence-electron chi connectivity index (χ4n) is 2.86. The molecule has 20 heavy (non-hydrogen) atoms. The molecule has 0 saturated carbocycles. The van der Waals surface area contributed by atoms with Crippen LogP contribution in [0.15, 0.2) is 42.5 Å². The van der Waals surface area contributed by atoms with Crippen LogP contribution in [0.5, 0.6) is 0 Å². The normalized spacial score (nSPS) is 16.8. The summed E-state index contributed by atoms with van der Waals surface area (Å²) in [4.78, 5) is 0. The highest BCUT2D eigenvalue weighted by molar-refractivity contribution is 6.31. The molecular weight excluding hydrogens is 273 g/mol. The zero-order valence-corrected chi connectivity index (χ0v) is 12.2. The van der Waals surface area contributed by atoms with E-state index in [9.17, 15) is 4.39 Å². The van der Waals surface area contributed by atoms with Gasteiger partial charge >= 0.3 is 0 Å². The Kier molecular flexibility index (Phi) is 3.53. The number of hydrogen-bond acceptors (Lipinski definition) is 1. The molecule has 1 fully saturated rings. The van der Waals surface area contributed by atoms with Gasteiger partial charge in [-0.25, -0.2) is 4.39 Å². The SMILES string of the molecule is Cc1cccc(C2(Cc3ccc(F)cc3Cl)CNC2)c1. The Balaban J connectivity index is 1.94. The van der Waals surface area contributed by atoms with E-state index in [-0.39, 0.29) is 11.2 Å². The zero-order chi connectivity index (χ0) is 14.2. The highest BCUT2D eigenvalue weighted by Gasteiger charge is 2.39. The van der Waals surface area contributed by atoms with E-state index in [1.54, 1.807) is 6.07 Å². The Labute approximate surface area is 123 Å². The van der Waals surface area contributed by atoms with E-state index in [1.165, 1.54) is 23.3 Å². The summed E-state index contributed by atoms with van der Waals surface area (Å²) >= 11 is 6.17. The van der Waals surface area contributed by atoms with E-state index in [4.69, 9.17) is 11.6 Å². The number of rotatable bonds is 3. The summed E-state index contributed by atoms with van der Waals surface area (Å²) in [5.41, 5.74) is 3.68. The van der Waals surface area contributed by atoms with Crippen LogP contribution in [0.25, 0.3) is 0 Å². The maximum Gasteiger partial charge on any atom is 0.124 e. The molecule has 0 bridgehead atoms. The summed E-state index contributed by atoms with van der Waals surface area (Å²) in [6, 6.07) is 13.3. The molecule has 1 aliphatic rings. The standard InChI is InChI=1S/C17H17ClFN/c1-12-3-2-4-14(7-12)17(10-20-11-17)9-13-5-6-15(19)8-16(13)18/h2-8,20H,9-11H2,1H3. The highest BCUT2D eigenvalue weighted by Crippen LogP contribution is 2.35. The molecule has 1 N–H and O–H groups in total. The van der Waals surface area contributed by atoms with Crippen LogP contribution in [0, 0.1) is 12.7 Å². The molecular formula is C17H17ClFN. The fraction of sp³-hybridized carbons (Fsp3) is 0.294. The van der Waals surface area contributed by atoms with Crippen LogP contribution >= 0.6 is 11.6 Å². The van der Waals surface area contributed by atoms with Crippen LogP contribution in [0.4, 0.5) is 4.39 Å². The minimum absolute atomic E-state index is 0.0769. The van der Waals surface area contributed by atoms with Crippen molar-refractivity contribution in [3.8, 4) is 0 Å². The first-order chi connectivity index (χ1) is 9.59. The third-order valence-corrected chi connectivity index (χ3v) is 4.45. The van der Waals surface area contributed by atoms with E-state index in [1.807, 2.05) is 0 Å². The highest BCUT2D eigenvalue weighted by atomic mass is 35.5. The predicted molar refractivity (Wildman–Crippen MR) is 80.8 cm³/mol. The fourth-order valence-corrected chi connectivity index (χ4v) is 3.10. The second kappa shape index (κ2) is 5.19. The molecule has 3 heteroatoms. The van der Waals surface area contributed by atoms with Crippen LogP contribution < -0.4 is 5.32 Å². The molecule has 1 nitrogen and oxygen atoms in total. The van der Waals surface area contributed by atoms with E-state index in [0.717, 1.165) is 25.1 Å². The second-order valence-corrected chi connectivity index (χ2v) is 6.07. The minimum Gasteiger partial charge on any atom is -0.315 e. The zero-order valence-electron chi connectivity index (χ0n) is 11.4. The molecule has 0 spiro atoms. The van der Waals surface area contributed by atoms with Crippen molar-refractivity contribution in [3.05, 3.63) is 70.0 Å². The van der Waals surface area contributed by atoms with Gasteiger partial charge in [-0.1, -0.05) is 47.5 Å². The average Bonchev–Trinajstić information content (AvgIpc) is 2.36. The van der Waals surface area contributed by atoms with Gasteiger partial charge in [0, 0.05) is 23.5 Å². The molecule has 2 aromatic carbocycles. The van der Waals surface area contributed by atoms with Gasteiger partial charge in [-0.05, 0) is 36.6 Å². The Morgan fingerprint density at radius 1 is 1.20 bits per heavy atom. The molecule has 1 heterocycles. The van der Waals surface area contributed by atoms with Crippen LogP contribution in [0.2, 0.25) is 5.02 Å². The van der Waals surface area contributed by atoms with Crippen molar-refractivity contribution < 1.29 is 4.39 Å². The summed E-state index contributed by atoms with van der Waals surface area (Å²) in [6.07, 6.45) is 0.836. The monoisotopic (exact) mass is 289 g/mol. The largest absolute Gasteiger partial charge is 0.315 e. The molecule has 3 rings (SSSR count). The molecule has 0 amide bonds. The molecule has 1 saturated heterocycles. The maximum absolute atomic E-state index is 13.2. The molecule has 0 unspecified atom stereocenters. The summed E-state index contributed by atoms with van der Waals surface area (Å²) in [5.74, 6) is -0.282. The molecule has 0 aliphatic carbocycles. The summed E-state index contributed by atoms with van der Waals surface area (Å²) < 4.78 is 13.2. The Morgan fingerprint density at radius 3 is 2.60 bits per heavy atom. The number of aryl methyl sites for hydroxylation is 1. The number of benzene rings is 2. The van der Waals surface area contributed by atoms with Gasteiger partial charge in [0.15, 0.2) is 0 Å². The first-order valence-corrected chi connectivity index (χ1v) is 7.19. The third-order valence-electron chi connectivity index (χ3n) is 4.10. The quantitative estimate of drug-likeness (QED) is 0.904. The van der Waals surface area contributed by atoms with Crippen LogP contribution in [-0.4, -0.2) is 13.1 Å². The van der Waals surface area contributed by atoms with E-state index in [0.29, 0.717) is 5.02 Å². The van der Waals surface area contributed by atoms with Crippen molar-refractivity contribution in [2.45, 2.75) is 18.8 Å². The van der Waals surface area contributed by atoms with Gasteiger partial charge in [-0.3, -0.25) is 0 Å². The first-order valence-electron chi connectivity index (χ1n) is 6.81. The van der Waals surface area contributed by atoms with Gasteiger partial charge in [0.1, 0.15) is 5.82 Å². The molecule has 2 aromatic rings. The van der Waals surface area contributed by atoms with E-state index in [2.05, 4.69) is 36.5 Å². The van der Waals surface area contributed by atoms with Crippen molar-refractivity contribution in [2.75, 3.05) is 13.1 Å². The van der Waals surface area contributed by atoms with Gasteiger partial charge in [0.05, 0.1) is 0 Å². The maximum atomic E-state index is 13.2. The van der Waals surface area contributed by atoms with Gasteiger partial charge in [-0.2, -0.15) is 0 Å². The number of nitrogens with one attached hydrogen (secondary N) is 1. The van der Waals surface area contributed by atoms with Crippen LogP contribution in [0.1, 0.15) is 16.7 Å². The summed E-state index contributed by atoms with van der Waals surface area (Å²) in [6.45, 7) is 3.97. The van der Waals surface area contributed by atoms with Gasteiger partial charge in [0.2, 0.25) is 0 Å². The third kappa shape index (κ3) is 2.46. The number of hydrogen-bond donors (Lipinski definition) is 1. The molecule has 0 radical (unpaired) electrons. The van der Waals surface area contributed by atoms with E-state index < -0.39 is 0 Å². The average molecular weight is 290 g/mol.